The number of nitrogens with one attached hydrogen (secondary N) is 1. The summed E-state index contributed by atoms with van der Waals surface area (Å²) in [5.41, 5.74) is 0.328. The van der Waals surface area contributed by atoms with E-state index < -0.39 is 25.8 Å². The number of ether oxygens (including phenoxy) is 1. The van der Waals surface area contributed by atoms with E-state index in [1.807, 2.05) is 0 Å². The van der Waals surface area contributed by atoms with Crippen LogP contribution in [0.15, 0.2) is 84.4 Å². The smallest absolute Gasteiger partial charge is 0.291 e. The molecule has 0 radical (unpaired) electrons. The van der Waals surface area contributed by atoms with E-state index in [9.17, 15) is 21.6 Å². The molecule has 1 aliphatic rings. The maximum Gasteiger partial charge on any atom is 0.291 e. The van der Waals surface area contributed by atoms with Crippen molar-refractivity contribution < 1.29 is 30.8 Å². The predicted molar refractivity (Wildman–Crippen MR) is 122 cm³/mol. The lowest BCUT2D eigenvalue weighted by Gasteiger charge is -2.26. The number of hydrogen-bond donors (Lipinski definition) is 1. The van der Waals surface area contributed by atoms with E-state index in [0.29, 0.717) is 18.9 Å². The molecule has 2 heterocycles. The van der Waals surface area contributed by atoms with Crippen molar-refractivity contribution >= 4 is 47.4 Å². The molecule has 0 aliphatic carbocycles. The van der Waals surface area contributed by atoms with Crippen LogP contribution in [0.1, 0.15) is 10.6 Å². The van der Waals surface area contributed by atoms with Gasteiger partial charge in [0.05, 0.1) is 23.0 Å². The van der Waals surface area contributed by atoms with Crippen LogP contribution >= 0.6 is 15.9 Å². The summed E-state index contributed by atoms with van der Waals surface area (Å²) in [6.07, 6.45) is 0. The first-order chi connectivity index (χ1) is 15.7. The van der Waals surface area contributed by atoms with Gasteiger partial charge in [0.1, 0.15) is 0 Å². The third kappa shape index (κ3) is 5.04. The molecule has 3 aromatic rings. The SMILES string of the molecule is O=C(Nc1ccc(S(=O)(=O)N2CCOCC2)cc1)c1ccc(S(=O)(=O)c2ccc(Br)cc2)o1. The van der Waals surface area contributed by atoms with Gasteiger partial charge in [-0.05, 0) is 60.7 Å². The highest BCUT2D eigenvalue weighted by Gasteiger charge is 2.27. The van der Waals surface area contributed by atoms with Crippen LogP contribution in [0.25, 0.3) is 0 Å². The number of anilines is 1. The van der Waals surface area contributed by atoms with Gasteiger partial charge in [-0.3, -0.25) is 4.79 Å². The minimum absolute atomic E-state index is 0.0316. The second-order valence-corrected chi connectivity index (χ2v) is 11.8. The zero-order chi connectivity index (χ0) is 23.6. The molecule has 1 aromatic heterocycles. The second-order valence-electron chi connectivity index (χ2n) is 7.07. The minimum Gasteiger partial charge on any atom is -0.439 e. The van der Waals surface area contributed by atoms with Crippen molar-refractivity contribution in [3.63, 3.8) is 0 Å². The number of hydrogen-bond acceptors (Lipinski definition) is 7. The first kappa shape index (κ1) is 23.6. The van der Waals surface area contributed by atoms with Gasteiger partial charge in [0, 0.05) is 23.2 Å². The Kier molecular flexibility index (Phi) is 6.73. The topological polar surface area (TPSA) is 123 Å². The molecule has 0 saturated carbocycles. The molecule has 0 atom stereocenters. The maximum absolute atomic E-state index is 12.7. The summed E-state index contributed by atoms with van der Waals surface area (Å²) >= 11 is 3.25. The molecule has 2 aromatic carbocycles. The fourth-order valence-corrected chi connectivity index (χ4v) is 6.00. The van der Waals surface area contributed by atoms with Gasteiger partial charge < -0.3 is 14.5 Å². The van der Waals surface area contributed by atoms with Crippen molar-refractivity contribution in [1.29, 1.82) is 0 Å². The third-order valence-electron chi connectivity index (χ3n) is 4.91. The van der Waals surface area contributed by atoms with Gasteiger partial charge in [-0.1, -0.05) is 15.9 Å². The number of rotatable bonds is 6. The maximum atomic E-state index is 12.7. The highest BCUT2D eigenvalue weighted by molar-refractivity contribution is 9.10. The van der Waals surface area contributed by atoms with Crippen molar-refractivity contribution in [3.8, 4) is 0 Å². The largest absolute Gasteiger partial charge is 0.439 e. The highest BCUT2D eigenvalue weighted by Crippen LogP contribution is 2.25. The van der Waals surface area contributed by atoms with Crippen molar-refractivity contribution in [1.82, 2.24) is 4.31 Å². The van der Waals surface area contributed by atoms with E-state index in [-0.39, 0.29) is 33.7 Å². The average molecular weight is 555 g/mol. The molecule has 1 amide bonds. The van der Waals surface area contributed by atoms with Crippen molar-refractivity contribution in [2.24, 2.45) is 0 Å². The molecule has 174 valence electrons. The lowest BCUT2D eigenvalue weighted by atomic mass is 10.3. The lowest BCUT2D eigenvalue weighted by molar-refractivity contribution is 0.0730. The monoisotopic (exact) mass is 554 g/mol. The van der Waals surface area contributed by atoms with Gasteiger partial charge in [-0.15, -0.1) is 0 Å². The Morgan fingerprint density at radius 3 is 2.09 bits per heavy atom. The Bertz CT molecular complexity index is 1360. The van der Waals surface area contributed by atoms with Gasteiger partial charge in [0.2, 0.25) is 25.0 Å². The summed E-state index contributed by atoms with van der Waals surface area (Å²) in [6, 6.07) is 14.2. The van der Waals surface area contributed by atoms with Crippen LogP contribution in [0.3, 0.4) is 0 Å². The van der Waals surface area contributed by atoms with Crippen LogP contribution in [0, 0.1) is 0 Å². The van der Waals surface area contributed by atoms with E-state index in [0.717, 1.165) is 4.47 Å². The zero-order valence-electron chi connectivity index (χ0n) is 17.1. The van der Waals surface area contributed by atoms with Crippen molar-refractivity contribution in [2.75, 3.05) is 31.6 Å². The standard InChI is InChI=1S/C21H19BrN2O7S2/c22-15-1-5-17(6-2-15)32(26,27)20-10-9-19(31-20)21(25)23-16-3-7-18(8-4-16)33(28,29)24-11-13-30-14-12-24/h1-10H,11-14H2,(H,23,25). The number of carbonyl (C=O) groups excluding carboxylic acids is 1. The molecular weight excluding hydrogens is 536 g/mol. The van der Waals surface area contributed by atoms with Gasteiger partial charge >= 0.3 is 0 Å². The van der Waals surface area contributed by atoms with Gasteiger partial charge in [0.15, 0.2) is 5.76 Å². The fraction of sp³-hybridized carbons (Fsp3) is 0.190. The molecule has 1 fully saturated rings. The highest BCUT2D eigenvalue weighted by atomic mass is 79.9. The van der Waals surface area contributed by atoms with Crippen molar-refractivity contribution in [2.45, 2.75) is 14.9 Å². The normalized spacial score (nSPS) is 15.3. The molecule has 9 nitrogen and oxygen atoms in total. The third-order valence-corrected chi connectivity index (χ3v) is 9.00. The van der Waals surface area contributed by atoms with Crippen LogP contribution in [0.4, 0.5) is 5.69 Å². The van der Waals surface area contributed by atoms with Crippen molar-refractivity contribution in [3.05, 3.63) is 70.9 Å². The van der Waals surface area contributed by atoms with Crippen LogP contribution in [0.5, 0.6) is 0 Å². The number of halogens is 1. The van der Waals surface area contributed by atoms with E-state index in [1.54, 1.807) is 12.1 Å². The second kappa shape index (κ2) is 9.39. The predicted octanol–water partition coefficient (Wildman–Crippen LogP) is 3.15. The molecule has 1 aliphatic heterocycles. The Hall–Kier alpha value is -2.51. The molecule has 0 unspecified atom stereocenters. The number of furan rings is 1. The summed E-state index contributed by atoms with van der Waals surface area (Å²) in [4.78, 5) is 12.7. The molecule has 0 bridgehead atoms. The molecule has 33 heavy (non-hydrogen) atoms. The Morgan fingerprint density at radius 2 is 1.45 bits per heavy atom. The summed E-state index contributed by atoms with van der Waals surface area (Å²) in [6.45, 7) is 1.25. The van der Waals surface area contributed by atoms with Gasteiger partial charge in [0.25, 0.3) is 5.91 Å². The Balaban J connectivity index is 1.47. The zero-order valence-corrected chi connectivity index (χ0v) is 20.3. The van der Waals surface area contributed by atoms with Crippen LogP contribution in [-0.4, -0.2) is 53.4 Å². The van der Waals surface area contributed by atoms with E-state index in [1.165, 1.54) is 52.8 Å². The fourth-order valence-electron chi connectivity index (χ4n) is 3.16. The van der Waals surface area contributed by atoms with Gasteiger partial charge in [-0.2, -0.15) is 4.31 Å². The summed E-state index contributed by atoms with van der Waals surface area (Å²) < 4.78 is 63.3. The Morgan fingerprint density at radius 1 is 0.848 bits per heavy atom. The van der Waals surface area contributed by atoms with Crippen LogP contribution < -0.4 is 5.32 Å². The number of amides is 1. The minimum atomic E-state index is -3.92. The van der Waals surface area contributed by atoms with E-state index >= 15 is 0 Å². The number of benzene rings is 2. The van der Waals surface area contributed by atoms with Gasteiger partial charge in [-0.25, -0.2) is 16.8 Å². The molecule has 1 saturated heterocycles. The molecular formula is C21H19BrN2O7S2. The lowest BCUT2D eigenvalue weighted by Crippen LogP contribution is -2.40. The molecule has 0 spiro atoms. The number of morpholine rings is 1. The van der Waals surface area contributed by atoms with E-state index in [2.05, 4.69) is 21.2 Å². The number of sulfonamides is 1. The van der Waals surface area contributed by atoms with Crippen LogP contribution in [-0.2, 0) is 24.6 Å². The quantitative estimate of drug-likeness (QED) is 0.496. The van der Waals surface area contributed by atoms with Crippen LogP contribution in [0.2, 0.25) is 0 Å². The molecule has 12 heteroatoms. The summed E-state index contributed by atoms with van der Waals surface area (Å²) in [5.74, 6) is -0.869. The Labute approximate surface area is 199 Å². The summed E-state index contributed by atoms with van der Waals surface area (Å²) in [5, 5.41) is 2.21. The molecule has 4 rings (SSSR count). The average Bonchev–Trinajstić information content (AvgIpc) is 3.32. The first-order valence-corrected chi connectivity index (χ1v) is 13.5. The number of sulfone groups is 1. The number of nitrogens with zero attached hydrogens (tertiary/aromatic N) is 1. The summed E-state index contributed by atoms with van der Waals surface area (Å²) in [7, 11) is -7.57. The number of carbonyl (C=O) groups is 1. The van der Waals surface area contributed by atoms with E-state index in [4.69, 9.17) is 9.15 Å². The molecule has 1 N–H and O–H groups in total. The first-order valence-electron chi connectivity index (χ1n) is 9.78.